The number of hydrogen-bond donors (Lipinski definition) is 0. The van der Waals surface area contributed by atoms with Crippen LogP contribution in [-0.2, 0) is 10.0 Å². The van der Waals surface area contributed by atoms with Crippen LogP contribution in [0.15, 0.2) is 77.7 Å². The zero-order chi connectivity index (χ0) is 18.0. The molecule has 1 aliphatic rings. The third kappa shape index (κ3) is 3.27. The van der Waals surface area contributed by atoms with E-state index in [0.29, 0.717) is 18.0 Å². The molecule has 0 amide bonds. The number of nitrogens with zero attached hydrogens (tertiary/aromatic N) is 1. The summed E-state index contributed by atoms with van der Waals surface area (Å²) < 4.78 is 28.6. The molecular weight excluding hydrogens is 342 g/mol. The minimum Gasteiger partial charge on any atom is -0.207 e. The zero-order valence-corrected chi connectivity index (χ0v) is 15.5. The van der Waals surface area contributed by atoms with Crippen molar-refractivity contribution < 1.29 is 8.42 Å². The highest BCUT2D eigenvalue weighted by atomic mass is 32.2. The van der Waals surface area contributed by atoms with Crippen LogP contribution in [0.25, 0.3) is 10.8 Å². The average molecular weight is 365 g/mol. The molecule has 134 valence electrons. The van der Waals surface area contributed by atoms with E-state index < -0.39 is 10.0 Å². The Labute approximate surface area is 155 Å². The third-order valence-electron chi connectivity index (χ3n) is 5.27. The molecule has 3 nitrogen and oxygen atoms in total. The highest BCUT2D eigenvalue weighted by Crippen LogP contribution is 2.31. The predicted octanol–water partition coefficient (Wildman–Crippen LogP) is 4.80. The van der Waals surface area contributed by atoms with Crippen LogP contribution in [-0.4, -0.2) is 25.8 Å². The Morgan fingerprint density at radius 1 is 0.808 bits per heavy atom. The van der Waals surface area contributed by atoms with E-state index in [9.17, 15) is 8.42 Å². The first-order valence-corrected chi connectivity index (χ1v) is 10.6. The molecule has 1 unspecified atom stereocenters. The summed E-state index contributed by atoms with van der Waals surface area (Å²) in [5, 5.41) is 1.76. The van der Waals surface area contributed by atoms with Crippen molar-refractivity contribution in [2.24, 2.45) is 0 Å². The zero-order valence-electron chi connectivity index (χ0n) is 14.7. The molecule has 1 atom stereocenters. The number of rotatable bonds is 3. The Balaban J connectivity index is 1.72. The second-order valence-corrected chi connectivity index (χ2v) is 8.85. The van der Waals surface area contributed by atoms with E-state index in [4.69, 9.17) is 0 Å². The van der Waals surface area contributed by atoms with E-state index in [0.717, 1.165) is 30.0 Å². The summed E-state index contributed by atoms with van der Waals surface area (Å²) in [4.78, 5) is 0.421. The van der Waals surface area contributed by atoms with Gasteiger partial charge in [0, 0.05) is 18.5 Å². The summed E-state index contributed by atoms with van der Waals surface area (Å²) in [6, 6.07) is 23.5. The summed E-state index contributed by atoms with van der Waals surface area (Å²) in [6.45, 7) is 1.14. The van der Waals surface area contributed by atoms with Gasteiger partial charge in [-0.25, -0.2) is 8.42 Å². The SMILES string of the molecule is O=S(=O)(c1cccc2ccccc12)N1CCCCC(c2ccccc2)C1. The molecule has 0 saturated carbocycles. The summed E-state index contributed by atoms with van der Waals surface area (Å²) >= 11 is 0. The van der Waals surface area contributed by atoms with Crippen molar-refractivity contribution in [2.45, 2.75) is 30.1 Å². The summed E-state index contributed by atoms with van der Waals surface area (Å²) in [5.74, 6) is 0.253. The molecule has 0 aliphatic carbocycles. The monoisotopic (exact) mass is 365 g/mol. The van der Waals surface area contributed by atoms with Gasteiger partial charge in [-0.1, -0.05) is 73.2 Å². The van der Waals surface area contributed by atoms with Gasteiger partial charge in [-0.05, 0) is 35.8 Å². The van der Waals surface area contributed by atoms with Crippen molar-refractivity contribution in [3.63, 3.8) is 0 Å². The lowest BCUT2D eigenvalue weighted by Gasteiger charge is -2.25. The fourth-order valence-corrected chi connectivity index (χ4v) is 5.62. The molecule has 1 fully saturated rings. The first-order chi connectivity index (χ1) is 12.7. The van der Waals surface area contributed by atoms with E-state index in [2.05, 4.69) is 12.1 Å². The summed E-state index contributed by atoms with van der Waals surface area (Å²) in [6.07, 6.45) is 3.00. The smallest absolute Gasteiger partial charge is 0.207 e. The average Bonchev–Trinajstić information content (AvgIpc) is 2.95. The van der Waals surface area contributed by atoms with Gasteiger partial charge in [0.25, 0.3) is 0 Å². The summed E-state index contributed by atoms with van der Waals surface area (Å²) in [7, 11) is -3.52. The minimum atomic E-state index is -3.52. The molecule has 1 aliphatic heterocycles. The van der Waals surface area contributed by atoms with Crippen LogP contribution < -0.4 is 0 Å². The Kier molecular flexibility index (Phi) is 4.79. The molecule has 1 heterocycles. The number of hydrogen-bond acceptors (Lipinski definition) is 2. The fourth-order valence-electron chi connectivity index (χ4n) is 3.88. The minimum absolute atomic E-state index is 0.253. The molecule has 0 radical (unpaired) electrons. The Bertz CT molecular complexity index is 994. The third-order valence-corrected chi connectivity index (χ3v) is 7.20. The molecule has 0 bridgehead atoms. The van der Waals surface area contributed by atoms with Crippen LogP contribution in [0, 0.1) is 0 Å². The van der Waals surface area contributed by atoms with Gasteiger partial charge in [0.1, 0.15) is 0 Å². The summed E-state index contributed by atoms with van der Waals surface area (Å²) in [5.41, 5.74) is 1.23. The van der Waals surface area contributed by atoms with Gasteiger partial charge in [0.2, 0.25) is 10.0 Å². The maximum absolute atomic E-state index is 13.5. The Morgan fingerprint density at radius 3 is 2.38 bits per heavy atom. The quantitative estimate of drug-likeness (QED) is 0.669. The van der Waals surface area contributed by atoms with E-state index in [-0.39, 0.29) is 5.92 Å². The normalized spacial score (nSPS) is 19.3. The molecule has 26 heavy (non-hydrogen) atoms. The fraction of sp³-hybridized carbons (Fsp3) is 0.273. The number of fused-ring (bicyclic) bond motifs is 1. The molecule has 0 spiro atoms. The van der Waals surface area contributed by atoms with Crippen LogP contribution in [0.1, 0.15) is 30.7 Å². The van der Waals surface area contributed by atoms with Gasteiger partial charge < -0.3 is 0 Å². The largest absolute Gasteiger partial charge is 0.243 e. The molecule has 1 saturated heterocycles. The van der Waals surface area contributed by atoms with Gasteiger partial charge in [-0.3, -0.25) is 0 Å². The molecule has 3 aromatic rings. The van der Waals surface area contributed by atoms with Crippen molar-refractivity contribution in [3.8, 4) is 0 Å². The van der Waals surface area contributed by atoms with Crippen molar-refractivity contribution >= 4 is 20.8 Å². The number of benzene rings is 3. The molecule has 0 aromatic heterocycles. The lowest BCUT2D eigenvalue weighted by atomic mass is 9.95. The second-order valence-electron chi connectivity index (χ2n) is 6.94. The van der Waals surface area contributed by atoms with Crippen molar-refractivity contribution in [2.75, 3.05) is 13.1 Å². The van der Waals surface area contributed by atoms with E-state index in [1.165, 1.54) is 5.56 Å². The van der Waals surface area contributed by atoms with E-state index in [1.54, 1.807) is 10.4 Å². The highest BCUT2D eigenvalue weighted by Gasteiger charge is 2.30. The predicted molar refractivity (Wildman–Crippen MR) is 106 cm³/mol. The van der Waals surface area contributed by atoms with E-state index in [1.807, 2.05) is 54.6 Å². The van der Waals surface area contributed by atoms with Gasteiger partial charge in [-0.2, -0.15) is 4.31 Å². The maximum Gasteiger partial charge on any atom is 0.243 e. The van der Waals surface area contributed by atoms with Crippen LogP contribution in [0.5, 0.6) is 0 Å². The van der Waals surface area contributed by atoms with Crippen LogP contribution in [0.2, 0.25) is 0 Å². The van der Waals surface area contributed by atoms with Gasteiger partial charge >= 0.3 is 0 Å². The lowest BCUT2D eigenvalue weighted by Crippen LogP contribution is -2.34. The Morgan fingerprint density at radius 2 is 1.54 bits per heavy atom. The van der Waals surface area contributed by atoms with Crippen molar-refractivity contribution in [1.29, 1.82) is 0 Å². The molecule has 4 heteroatoms. The van der Waals surface area contributed by atoms with Crippen LogP contribution >= 0.6 is 0 Å². The topological polar surface area (TPSA) is 37.4 Å². The van der Waals surface area contributed by atoms with E-state index >= 15 is 0 Å². The molecule has 0 N–H and O–H groups in total. The van der Waals surface area contributed by atoms with Gasteiger partial charge in [-0.15, -0.1) is 0 Å². The maximum atomic E-state index is 13.5. The first kappa shape index (κ1) is 17.3. The standard InChI is InChI=1S/C22H23NO2S/c24-26(25,22-15-8-13-19-11-4-5-14-21(19)22)23-16-7-6-12-20(17-23)18-9-2-1-3-10-18/h1-5,8-11,13-15,20H,6-7,12,16-17H2. The van der Waals surface area contributed by atoms with Gasteiger partial charge in [0.15, 0.2) is 0 Å². The van der Waals surface area contributed by atoms with Crippen molar-refractivity contribution in [1.82, 2.24) is 4.31 Å². The molecule has 3 aromatic carbocycles. The van der Waals surface area contributed by atoms with Gasteiger partial charge in [0.05, 0.1) is 4.90 Å². The Hall–Kier alpha value is -2.17. The first-order valence-electron chi connectivity index (χ1n) is 9.19. The second kappa shape index (κ2) is 7.22. The van der Waals surface area contributed by atoms with Crippen molar-refractivity contribution in [3.05, 3.63) is 78.4 Å². The lowest BCUT2D eigenvalue weighted by molar-refractivity contribution is 0.407. The number of sulfonamides is 1. The molecular formula is C22H23NO2S. The molecule has 4 rings (SSSR count). The highest BCUT2D eigenvalue weighted by molar-refractivity contribution is 7.89. The van der Waals surface area contributed by atoms with Crippen LogP contribution in [0.3, 0.4) is 0 Å². The van der Waals surface area contributed by atoms with Crippen LogP contribution in [0.4, 0.5) is 0 Å².